The van der Waals surface area contributed by atoms with Crippen LogP contribution in [-0.4, -0.2) is 45.2 Å². The summed E-state index contributed by atoms with van der Waals surface area (Å²) in [4.78, 5) is 16.1. The number of carbonyl (C=O) groups is 1. The summed E-state index contributed by atoms with van der Waals surface area (Å²) >= 11 is 0. The summed E-state index contributed by atoms with van der Waals surface area (Å²) in [5.74, 6) is 1.06. The molecule has 0 bridgehead atoms. The lowest BCUT2D eigenvalue weighted by atomic mass is 10.1. The van der Waals surface area contributed by atoms with Crippen LogP contribution in [0.15, 0.2) is 54.6 Å². The number of quaternary nitrogens is 1. The van der Waals surface area contributed by atoms with Gasteiger partial charge in [-0.25, -0.2) is 0 Å². The molecule has 0 aromatic heterocycles. The van der Waals surface area contributed by atoms with Crippen molar-refractivity contribution in [2.75, 3.05) is 44.2 Å². The topological polar surface area (TPSA) is 46.0 Å². The number of nitrogens with zero attached hydrogens (tertiary/aromatic N) is 1. The molecule has 0 radical (unpaired) electrons. The molecule has 1 aliphatic rings. The predicted octanol–water partition coefficient (Wildman–Crippen LogP) is 1.67. The van der Waals surface area contributed by atoms with Crippen molar-refractivity contribution in [2.24, 2.45) is 0 Å². The van der Waals surface area contributed by atoms with Gasteiger partial charge in [0.25, 0.3) is 5.91 Å². The second kappa shape index (κ2) is 9.42. The third kappa shape index (κ3) is 5.23. The van der Waals surface area contributed by atoms with Gasteiger partial charge in [-0.15, -0.1) is 0 Å². The molecule has 2 N–H and O–H groups in total. The van der Waals surface area contributed by atoms with Gasteiger partial charge in [0.05, 0.1) is 44.5 Å². The van der Waals surface area contributed by atoms with E-state index < -0.39 is 0 Å². The van der Waals surface area contributed by atoms with Gasteiger partial charge in [0.2, 0.25) is 0 Å². The van der Waals surface area contributed by atoms with E-state index in [2.05, 4.69) is 22.3 Å². The largest absolute Gasteiger partial charge is 0.492 e. The summed E-state index contributed by atoms with van der Waals surface area (Å²) in [7, 11) is 0. The molecule has 1 amide bonds. The van der Waals surface area contributed by atoms with Gasteiger partial charge in [0.1, 0.15) is 5.75 Å². The number of piperazine rings is 1. The predicted molar refractivity (Wildman–Crippen MR) is 108 cm³/mol. The number of nitrogens with one attached hydrogen (secondary N) is 2. The summed E-state index contributed by atoms with van der Waals surface area (Å²) in [6, 6.07) is 18.3. The number of benzene rings is 2. The van der Waals surface area contributed by atoms with Crippen LogP contribution in [0.4, 0.5) is 5.69 Å². The number of carbonyl (C=O) groups excluding carboxylic acids is 1. The first kappa shape index (κ1) is 19.2. The summed E-state index contributed by atoms with van der Waals surface area (Å²) in [5.41, 5.74) is 2.29. The summed E-state index contributed by atoms with van der Waals surface area (Å²) in [6.07, 6.45) is 0. The molecular weight excluding hydrogens is 338 g/mol. The number of anilines is 1. The number of amides is 1. The van der Waals surface area contributed by atoms with Crippen LogP contribution < -0.4 is 19.9 Å². The number of ether oxygens (including phenoxy) is 1. The quantitative estimate of drug-likeness (QED) is 0.782. The van der Waals surface area contributed by atoms with E-state index in [1.165, 1.54) is 4.90 Å². The van der Waals surface area contributed by atoms with E-state index in [9.17, 15) is 4.79 Å². The Hall–Kier alpha value is -2.53. The van der Waals surface area contributed by atoms with Gasteiger partial charge >= 0.3 is 0 Å². The highest BCUT2D eigenvalue weighted by atomic mass is 16.5. The molecule has 5 heteroatoms. The average molecular weight is 369 g/mol. The zero-order valence-corrected chi connectivity index (χ0v) is 16.3. The van der Waals surface area contributed by atoms with E-state index >= 15 is 0 Å². The first-order valence-corrected chi connectivity index (χ1v) is 9.82. The lowest BCUT2D eigenvalue weighted by Gasteiger charge is -2.34. The van der Waals surface area contributed by atoms with Crippen LogP contribution in [0.2, 0.25) is 0 Å². The highest BCUT2D eigenvalue weighted by Crippen LogP contribution is 2.27. The molecule has 5 nitrogen and oxygen atoms in total. The molecule has 1 heterocycles. The molecular formula is C22H30N3O2+. The van der Waals surface area contributed by atoms with Crippen molar-refractivity contribution in [3.05, 3.63) is 60.2 Å². The number of para-hydroxylation sites is 2. The lowest BCUT2D eigenvalue weighted by molar-refractivity contribution is -0.892. The Balaban J connectivity index is 1.49. The van der Waals surface area contributed by atoms with Gasteiger partial charge in [-0.2, -0.15) is 0 Å². The zero-order valence-electron chi connectivity index (χ0n) is 16.3. The monoisotopic (exact) mass is 368 g/mol. The maximum Gasteiger partial charge on any atom is 0.275 e. The molecule has 27 heavy (non-hydrogen) atoms. The van der Waals surface area contributed by atoms with E-state index in [0.29, 0.717) is 13.2 Å². The molecule has 1 atom stereocenters. The Morgan fingerprint density at radius 1 is 1.11 bits per heavy atom. The van der Waals surface area contributed by atoms with Crippen LogP contribution in [-0.2, 0) is 4.79 Å². The smallest absolute Gasteiger partial charge is 0.275 e. The molecule has 0 spiro atoms. The minimum atomic E-state index is 0.0393. The van der Waals surface area contributed by atoms with E-state index in [0.717, 1.165) is 43.2 Å². The third-order valence-electron chi connectivity index (χ3n) is 5.06. The van der Waals surface area contributed by atoms with Crippen molar-refractivity contribution in [3.8, 4) is 5.75 Å². The van der Waals surface area contributed by atoms with Gasteiger partial charge in [-0.1, -0.05) is 42.5 Å². The third-order valence-corrected chi connectivity index (χ3v) is 5.06. The van der Waals surface area contributed by atoms with E-state index in [-0.39, 0.29) is 11.9 Å². The second-order valence-electron chi connectivity index (χ2n) is 7.01. The molecule has 1 aliphatic heterocycles. The van der Waals surface area contributed by atoms with Crippen molar-refractivity contribution in [1.82, 2.24) is 5.32 Å². The van der Waals surface area contributed by atoms with Crippen LogP contribution in [0.1, 0.15) is 25.5 Å². The highest BCUT2D eigenvalue weighted by Gasteiger charge is 2.24. The molecule has 1 fully saturated rings. The maximum absolute atomic E-state index is 12.4. The van der Waals surface area contributed by atoms with E-state index in [4.69, 9.17) is 4.74 Å². The molecule has 2 aromatic rings. The van der Waals surface area contributed by atoms with E-state index in [1.54, 1.807) is 0 Å². The Morgan fingerprint density at radius 2 is 1.78 bits per heavy atom. The van der Waals surface area contributed by atoms with Crippen molar-refractivity contribution in [3.63, 3.8) is 0 Å². The fraction of sp³-hybridized carbons (Fsp3) is 0.409. The SMILES string of the molecule is CCOc1ccccc1N1CC[NH+](CC(=O)N[C@H](C)c2ccccc2)CC1. The van der Waals surface area contributed by atoms with Gasteiger partial charge in [-0.05, 0) is 31.5 Å². The maximum atomic E-state index is 12.4. The fourth-order valence-corrected chi connectivity index (χ4v) is 3.58. The Bertz CT molecular complexity index is 727. The Morgan fingerprint density at radius 3 is 2.48 bits per heavy atom. The second-order valence-corrected chi connectivity index (χ2v) is 7.01. The summed E-state index contributed by atoms with van der Waals surface area (Å²) in [6.45, 7) is 9.00. The van der Waals surface area contributed by atoms with Crippen molar-refractivity contribution < 1.29 is 14.4 Å². The van der Waals surface area contributed by atoms with E-state index in [1.807, 2.05) is 56.3 Å². The van der Waals surface area contributed by atoms with Gasteiger partial charge in [0.15, 0.2) is 6.54 Å². The first-order chi connectivity index (χ1) is 13.2. The molecule has 144 valence electrons. The Kier molecular flexibility index (Phi) is 6.71. The first-order valence-electron chi connectivity index (χ1n) is 9.82. The molecule has 0 unspecified atom stereocenters. The number of hydrogen-bond acceptors (Lipinski definition) is 3. The minimum absolute atomic E-state index is 0.0393. The van der Waals surface area contributed by atoms with Crippen LogP contribution in [0.25, 0.3) is 0 Å². The van der Waals surface area contributed by atoms with Crippen LogP contribution in [0.3, 0.4) is 0 Å². The van der Waals surface area contributed by atoms with Gasteiger partial charge in [-0.3, -0.25) is 4.79 Å². The van der Waals surface area contributed by atoms with Gasteiger partial charge in [0, 0.05) is 0 Å². The Labute approximate surface area is 161 Å². The summed E-state index contributed by atoms with van der Waals surface area (Å²) < 4.78 is 5.75. The average Bonchev–Trinajstić information content (AvgIpc) is 2.70. The molecule has 0 aliphatic carbocycles. The van der Waals surface area contributed by atoms with Crippen LogP contribution in [0, 0.1) is 0 Å². The zero-order chi connectivity index (χ0) is 19.1. The van der Waals surface area contributed by atoms with Crippen molar-refractivity contribution in [2.45, 2.75) is 19.9 Å². The normalized spacial score (nSPS) is 16.0. The van der Waals surface area contributed by atoms with Crippen molar-refractivity contribution in [1.29, 1.82) is 0 Å². The molecule has 0 saturated carbocycles. The van der Waals surface area contributed by atoms with Crippen molar-refractivity contribution >= 4 is 11.6 Å². The lowest BCUT2D eigenvalue weighted by Crippen LogP contribution is -3.15. The highest BCUT2D eigenvalue weighted by molar-refractivity contribution is 5.77. The fourth-order valence-electron chi connectivity index (χ4n) is 3.58. The number of rotatable bonds is 7. The van der Waals surface area contributed by atoms with Crippen LogP contribution in [0.5, 0.6) is 5.75 Å². The molecule has 3 rings (SSSR count). The van der Waals surface area contributed by atoms with Gasteiger partial charge < -0.3 is 19.9 Å². The standard InChI is InChI=1S/C22H29N3O2/c1-3-27-21-12-8-7-11-20(21)25-15-13-24(14-16-25)17-22(26)23-18(2)19-9-5-4-6-10-19/h4-12,18H,3,13-17H2,1-2H3,(H,23,26)/p+1/t18-/m1/s1. The van der Waals surface area contributed by atoms with Crippen LogP contribution >= 0.6 is 0 Å². The summed E-state index contributed by atoms with van der Waals surface area (Å²) in [5, 5.41) is 3.12. The molecule has 2 aromatic carbocycles. The molecule has 1 saturated heterocycles. The minimum Gasteiger partial charge on any atom is -0.492 e. The number of hydrogen-bond donors (Lipinski definition) is 2.